The van der Waals surface area contributed by atoms with E-state index in [9.17, 15) is 14.4 Å². The summed E-state index contributed by atoms with van der Waals surface area (Å²) in [6, 6.07) is 6.81. The third-order valence-electron chi connectivity index (χ3n) is 3.56. The number of hydrogen-bond donors (Lipinski definition) is 2. The van der Waals surface area contributed by atoms with Gasteiger partial charge in [0, 0.05) is 37.2 Å². The summed E-state index contributed by atoms with van der Waals surface area (Å²) in [5.74, 6) is -0.948. The standard InChI is InChI=1S/C16H20N2O4/c1-18(9-3-6-14(19)20)16(22)12-4-2-5-13(10-12)17-15(21)11-7-8-11/h2,4-5,10-11H,3,6-9H2,1H3,(H,17,21)(H,19,20). The van der Waals surface area contributed by atoms with Crippen LogP contribution in [0.1, 0.15) is 36.0 Å². The Hall–Kier alpha value is -2.37. The number of amides is 2. The van der Waals surface area contributed by atoms with Crippen molar-refractivity contribution in [1.82, 2.24) is 4.90 Å². The highest BCUT2D eigenvalue weighted by atomic mass is 16.4. The molecule has 1 aromatic rings. The van der Waals surface area contributed by atoms with Crippen molar-refractivity contribution >= 4 is 23.5 Å². The highest BCUT2D eigenvalue weighted by Crippen LogP contribution is 2.30. The minimum absolute atomic E-state index is 0.000545. The van der Waals surface area contributed by atoms with Crippen LogP contribution in [0, 0.1) is 5.92 Å². The number of rotatable bonds is 7. The predicted octanol–water partition coefficient (Wildman–Crippen LogP) is 1.97. The zero-order valence-corrected chi connectivity index (χ0v) is 12.5. The topological polar surface area (TPSA) is 86.7 Å². The lowest BCUT2D eigenvalue weighted by atomic mass is 10.1. The molecule has 118 valence electrons. The molecule has 0 atom stereocenters. The molecule has 0 aliphatic heterocycles. The molecule has 1 aliphatic carbocycles. The number of carbonyl (C=O) groups excluding carboxylic acids is 2. The van der Waals surface area contributed by atoms with Gasteiger partial charge in [0.1, 0.15) is 0 Å². The Labute approximate surface area is 129 Å². The van der Waals surface area contributed by atoms with Crippen LogP contribution in [-0.2, 0) is 9.59 Å². The third kappa shape index (κ3) is 4.58. The summed E-state index contributed by atoms with van der Waals surface area (Å²) in [7, 11) is 1.64. The van der Waals surface area contributed by atoms with Crippen LogP contribution >= 0.6 is 0 Å². The van der Waals surface area contributed by atoms with E-state index in [1.54, 1.807) is 31.3 Å². The van der Waals surface area contributed by atoms with Gasteiger partial charge >= 0.3 is 5.97 Å². The van der Waals surface area contributed by atoms with Crippen molar-refractivity contribution in [1.29, 1.82) is 0 Å². The monoisotopic (exact) mass is 304 g/mol. The quantitative estimate of drug-likeness (QED) is 0.806. The Kier molecular flexibility index (Phi) is 5.14. The fourth-order valence-corrected chi connectivity index (χ4v) is 2.11. The molecule has 0 bridgehead atoms. The highest BCUT2D eigenvalue weighted by Gasteiger charge is 2.29. The molecule has 22 heavy (non-hydrogen) atoms. The van der Waals surface area contributed by atoms with Crippen LogP contribution in [-0.4, -0.2) is 41.4 Å². The minimum Gasteiger partial charge on any atom is -0.481 e. The molecule has 2 rings (SSSR count). The maximum atomic E-state index is 12.3. The maximum absolute atomic E-state index is 12.3. The summed E-state index contributed by atoms with van der Waals surface area (Å²) in [4.78, 5) is 36.0. The number of hydrogen-bond acceptors (Lipinski definition) is 3. The number of carbonyl (C=O) groups is 3. The number of aliphatic carboxylic acids is 1. The first-order chi connectivity index (χ1) is 10.5. The van der Waals surface area contributed by atoms with Gasteiger partial charge in [0.05, 0.1) is 0 Å². The van der Waals surface area contributed by atoms with E-state index in [0.29, 0.717) is 24.2 Å². The number of benzene rings is 1. The molecule has 1 aromatic carbocycles. The minimum atomic E-state index is -0.870. The molecule has 1 saturated carbocycles. The molecular formula is C16H20N2O4. The molecule has 1 fully saturated rings. The van der Waals surface area contributed by atoms with E-state index in [2.05, 4.69) is 5.32 Å². The number of carboxylic acid groups (broad SMARTS) is 1. The predicted molar refractivity (Wildman–Crippen MR) is 81.6 cm³/mol. The summed E-state index contributed by atoms with van der Waals surface area (Å²) in [6.45, 7) is 0.379. The first-order valence-corrected chi connectivity index (χ1v) is 7.35. The van der Waals surface area contributed by atoms with Crippen molar-refractivity contribution in [3.63, 3.8) is 0 Å². The molecule has 2 N–H and O–H groups in total. The van der Waals surface area contributed by atoms with Gasteiger partial charge in [-0.1, -0.05) is 6.07 Å². The molecular weight excluding hydrogens is 284 g/mol. The van der Waals surface area contributed by atoms with Crippen LogP contribution in [0.15, 0.2) is 24.3 Å². The molecule has 0 aromatic heterocycles. The van der Waals surface area contributed by atoms with E-state index in [0.717, 1.165) is 12.8 Å². The van der Waals surface area contributed by atoms with Crippen molar-refractivity contribution < 1.29 is 19.5 Å². The van der Waals surface area contributed by atoms with E-state index in [4.69, 9.17) is 5.11 Å². The van der Waals surface area contributed by atoms with Crippen LogP contribution in [0.2, 0.25) is 0 Å². The van der Waals surface area contributed by atoms with Crippen molar-refractivity contribution in [2.24, 2.45) is 5.92 Å². The highest BCUT2D eigenvalue weighted by molar-refractivity contribution is 5.98. The number of nitrogens with zero attached hydrogens (tertiary/aromatic N) is 1. The summed E-state index contributed by atoms with van der Waals surface area (Å²) < 4.78 is 0. The van der Waals surface area contributed by atoms with E-state index in [-0.39, 0.29) is 24.2 Å². The lowest BCUT2D eigenvalue weighted by Crippen LogP contribution is -2.28. The Morgan fingerprint density at radius 2 is 2.05 bits per heavy atom. The number of nitrogens with one attached hydrogen (secondary N) is 1. The molecule has 0 unspecified atom stereocenters. The number of carboxylic acids is 1. The molecule has 6 nitrogen and oxygen atoms in total. The van der Waals surface area contributed by atoms with E-state index < -0.39 is 5.97 Å². The lowest BCUT2D eigenvalue weighted by Gasteiger charge is -2.17. The average molecular weight is 304 g/mol. The summed E-state index contributed by atoms with van der Waals surface area (Å²) in [5.41, 5.74) is 1.09. The molecule has 2 amide bonds. The van der Waals surface area contributed by atoms with E-state index in [1.165, 1.54) is 4.90 Å². The first-order valence-electron chi connectivity index (χ1n) is 7.35. The van der Waals surface area contributed by atoms with Gasteiger partial charge < -0.3 is 15.3 Å². The Balaban J connectivity index is 1.93. The molecule has 1 aliphatic rings. The zero-order valence-electron chi connectivity index (χ0n) is 12.5. The fourth-order valence-electron chi connectivity index (χ4n) is 2.11. The van der Waals surface area contributed by atoms with Gasteiger partial charge in [0.25, 0.3) is 5.91 Å². The van der Waals surface area contributed by atoms with Gasteiger partial charge in [-0.15, -0.1) is 0 Å². The zero-order chi connectivity index (χ0) is 16.1. The van der Waals surface area contributed by atoms with E-state index in [1.807, 2.05) is 0 Å². The second-order valence-corrected chi connectivity index (χ2v) is 5.57. The van der Waals surface area contributed by atoms with Gasteiger partial charge in [0.2, 0.25) is 5.91 Å². The van der Waals surface area contributed by atoms with Gasteiger partial charge in [-0.05, 0) is 37.5 Å². The average Bonchev–Trinajstić information content (AvgIpc) is 3.31. The SMILES string of the molecule is CN(CCCC(=O)O)C(=O)c1cccc(NC(=O)C2CC2)c1. The molecule has 0 saturated heterocycles. The van der Waals surface area contributed by atoms with E-state index >= 15 is 0 Å². The summed E-state index contributed by atoms with van der Waals surface area (Å²) >= 11 is 0. The molecule has 0 heterocycles. The van der Waals surface area contributed by atoms with Gasteiger partial charge in [-0.2, -0.15) is 0 Å². The van der Waals surface area contributed by atoms with Gasteiger partial charge in [-0.3, -0.25) is 14.4 Å². The lowest BCUT2D eigenvalue weighted by molar-refractivity contribution is -0.137. The van der Waals surface area contributed by atoms with Crippen LogP contribution in [0.5, 0.6) is 0 Å². The summed E-state index contributed by atoms with van der Waals surface area (Å²) in [6.07, 6.45) is 2.30. The molecule has 0 radical (unpaired) electrons. The molecule has 0 spiro atoms. The van der Waals surface area contributed by atoms with Crippen molar-refractivity contribution in [2.45, 2.75) is 25.7 Å². The third-order valence-corrected chi connectivity index (χ3v) is 3.56. The van der Waals surface area contributed by atoms with Crippen LogP contribution in [0.25, 0.3) is 0 Å². The van der Waals surface area contributed by atoms with Crippen LogP contribution in [0.3, 0.4) is 0 Å². The number of anilines is 1. The van der Waals surface area contributed by atoms with Gasteiger partial charge in [-0.25, -0.2) is 0 Å². The van der Waals surface area contributed by atoms with Crippen LogP contribution < -0.4 is 5.32 Å². The second kappa shape index (κ2) is 7.06. The fraction of sp³-hybridized carbons (Fsp3) is 0.438. The van der Waals surface area contributed by atoms with Crippen LogP contribution in [0.4, 0.5) is 5.69 Å². The Morgan fingerprint density at radius 1 is 1.32 bits per heavy atom. The first kappa shape index (κ1) is 16.0. The Morgan fingerprint density at radius 3 is 2.68 bits per heavy atom. The van der Waals surface area contributed by atoms with Crippen molar-refractivity contribution in [2.75, 3.05) is 18.9 Å². The van der Waals surface area contributed by atoms with Crippen molar-refractivity contribution in [3.8, 4) is 0 Å². The molecule has 6 heteroatoms. The second-order valence-electron chi connectivity index (χ2n) is 5.57. The maximum Gasteiger partial charge on any atom is 0.303 e. The normalized spacial score (nSPS) is 13.5. The largest absolute Gasteiger partial charge is 0.481 e. The van der Waals surface area contributed by atoms with Gasteiger partial charge in [0.15, 0.2) is 0 Å². The Bertz CT molecular complexity index is 581. The smallest absolute Gasteiger partial charge is 0.303 e. The summed E-state index contributed by atoms with van der Waals surface area (Å²) in [5, 5.41) is 11.4. The van der Waals surface area contributed by atoms with Crippen molar-refractivity contribution in [3.05, 3.63) is 29.8 Å².